The van der Waals surface area contributed by atoms with Crippen LogP contribution in [-0.2, 0) is 14.8 Å². The summed E-state index contributed by atoms with van der Waals surface area (Å²) in [6.45, 7) is 0. The van der Waals surface area contributed by atoms with Crippen molar-refractivity contribution >= 4 is 27.3 Å². The lowest BCUT2D eigenvalue weighted by molar-refractivity contribution is -0.115. The Bertz CT molecular complexity index is 853. The van der Waals surface area contributed by atoms with Crippen LogP contribution in [0.15, 0.2) is 48.5 Å². The summed E-state index contributed by atoms with van der Waals surface area (Å²) in [5.41, 5.74) is 0.997. The summed E-state index contributed by atoms with van der Waals surface area (Å²) in [6.07, 6.45) is -0.172. The highest BCUT2D eigenvalue weighted by Gasteiger charge is 2.20. The van der Waals surface area contributed by atoms with Crippen molar-refractivity contribution in [2.75, 3.05) is 36.6 Å². The van der Waals surface area contributed by atoms with Crippen LogP contribution in [0.4, 0.5) is 11.4 Å². The molecule has 0 aliphatic rings. The fraction of sp³-hybridized carbons (Fsp3) is 0.278. The Hall–Kier alpha value is -2.74. The molecular formula is C18H22N2O5S. The van der Waals surface area contributed by atoms with Gasteiger partial charge in [0.25, 0.3) is 0 Å². The summed E-state index contributed by atoms with van der Waals surface area (Å²) >= 11 is 0. The fourth-order valence-corrected chi connectivity index (χ4v) is 3.43. The van der Waals surface area contributed by atoms with Crippen molar-refractivity contribution in [1.82, 2.24) is 0 Å². The van der Waals surface area contributed by atoms with Crippen molar-refractivity contribution in [3.05, 3.63) is 48.5 Å². The lowest BCUT2D eigenvalue weighted by atomic mass is 10.2. The number of sulfonamides is 1. The molecule has 0 bridgehead atoms. The normalized spacial score (nSPS) is 10.9. The molecule has 2 rings (SSSR count). The van der Waals surface area contributed by atoms with Gasteiger partial charge in [-0.1, -0.05) is 18.2 Å². The number of para-hydroxylation sites is 1. The molecule has 0 saturated heterocycles. The molecule has 0 saturated carbocycles. The van der Waals surface area contributed by atoms with E-state index in [0.717, 1.165) is 0 Å². The van der Waals surface area contributed by atoms with Crippen molar-refractivity contribution in [2.45, 2.75) is 6.42 Å². The maximum Gasteiger partial charge on any atom is 0.235 e. The molecule has 0 spiro atoms. The average molecular weight is 378 g/mol. The minimum Gasteiger partial charge on any atom is -0.497 e. The number of ether oxygens (including phenoxy) is 2. The molecule has 2 aromatic carbocycles. The minimum absolute atomic E-state index is 0.172. The minimum atomic E-state index is -3.61. The van der Waals surface area contributed by atoms with Crippen molar-refractivity contribution in [2.24, 2.45) is 0 Å². The maximum absolute atomic E-state index is 12.4. The van der Waals surface area contributed by atoms with Crippen LogP contribution in [0.2, 0.25) is 0 Å². The van der Waals surface area contributed by atoms with Gasteiger partial charge in [0, 0.05) is 19.5 Å². The predicted octanol–water partition coefficient (Wildman–Crippen LogP) is 2.50. The van der Waals surface area contributed by atoms with Gasteiger partial charge >= 0.3 is 0 Å². The van der Waals surface area contributed by atoms with E-state index in [1.54, 1.807) is 48.5 Å². The van der Waals surface area contributed by atoms with E-state index >= 15 is 0 Å². The van der Waals surface area contributed by atoms with Crippen molar-refractivity contribution in [3.63, 3.8) is 0 Å². The lowest BCUT2D eigenvalue weighted by Crippen LogP contribution is -2.30. The highest BCUT2D eigenvalue weighted by Crippen LogP contribution is 2.29. The molecule has 140 valence electrons. The van der Waals surface area contributed by atoms with E-state index in [9.17, 15) is 13.2 Å². The number of anilines is 2. The molecule has 1 amide bonds. The van der Waals surface area contributed by atoms with E-state index in [2.05, 4.69) is 5.32 Å². The van der Waals surface area contributed by atoms with Gasteiger partial charge in [0.15, 0.2) is 0 Å². The Labute approximate surface area is 153 Å². The molecule has 2 aromatic rings. The maximum atomic E-state index is 12.4. The third kappa shape index (κ3) is 4.89. The summed E-state index contributed by atoms with van der Waals surface area (Å²) in [7, 11) is 0.866. The number of rotatable bonds is 8. The molecule has 7 nitrogen and oxygen atoms in total. The number of hydrogen-bond donors (Lipinski definition) is 1. The molecule has 1 N–H and O–H groups in total. The zero-order valence-electron chi connectivity index (χ0n) is 14.9. The number of hydrogen-bond acceptors (Lipinski definition) is 5. The van der Waals surface area contributed by atoms with Gasteiger partial charge in [0.05, 0.1) is 31.3 Å². The van der Waals surface area contributed by atoms with E-state index in [0.29, 0.717) is 22.9 Å². The predicted molar refractivity (Wildman–Crippen MR) is 101 cm³/mol. The van der Waals surface area contributed by atoms with Gasteiger partial charge in [-0.25, -0.2) is 8.42 Å². The Morgan fingerprint density at radius 1 is 1.08 bits per heavy atom. The molecule has 0 radical (unpaired) electrons. The molecule has 0 heterocycles. The van der Waals surface area contributed by atoms with Crippen LogP contribution >= 0.6 is 0 Å². The van der Waals surface area contributed by atoms with E-state index < -0.39 is 15.9 Å². The summed E-state index contributed by atoms with van der Waals surface area (Å²) < 4.78 is 36.3. The zero-order valence-corrected chi connectivity index (χ0v) is 15.7. The molecule has 0 fully saturated rings. The number of nitrogens with zero attached hydrogens (tertiary/aromatic N) is 1. The van der Waals surface area contributed by atoms with Crippen LogP contribution in [0.1, 0.15) is 6.42 Å². The first kappa shape index (κ1) is 19.6. The van der Waals surface area contributed by atoms with Gasteiger partial charge in [-0.3, -0.25) is 9.10 Å². The Kier molecular flexibility index (Phi) is 6.46. The lowest BCUT2D eigenvalue weighted by Gasteiger charge is -2.19. The van der Waals surface area contributed by atoms with Gasteiger partial charge in [0.2, 0.25) is 15.9 Å². The largest absolute Gasteiger partial charge is 0.497 e. The van der Waals surface area contributed by atoms with Crippen LogP contribution in [0.25, 0.3) is 0 Å². The monoisotopic (exact) mass is 378 g/mol. The van der Waals surface area contributed by atoms with Crippen molar-refractivity contribution in [3.8, 4) is 11.5 Å². The number of carbonyl (C=O) groups is 1. The topological polar surface area (TPSA) is 84.9 Å². The van der Waals surface area contributed by atoms with Gasteiger partial charge in [-0.15, -0.1) is 0 Å². The van der Waals surface area contributed by atoms with E-state index in [1.807, 2.05) is 0 Å². The van der Waals surface area contributed by atoms with E-state index in [4.69, 9.17) is 9.47 Å². The quantitative estimate of drug-likeness (QED) is 0.763. The molecule has 8 heteroatoms. The summed E-state index contributed by atoms with van der Waals surface area (Å²) in [5, 5.41) is 2.66. The van der Waals surface area contributed by atoms with Crippen LogP contribution in [0.5, 0.6) is 11.5 Å². The highest BCUT2D eigenvalue weighted by molar-refractivity contribution is 7.92. The van der Waals surface area contributed by atoms with E-state index in [-0.39, 0.29) is 12.2 Å². The first-order chi connectivity index (χ1) is 12.4. The van der Waals surface area contributed by atoms with E-state index in [1.165, 1.54) is 25.6 Å². The smallest absolute Gasteiger partial charge is 0.235 e. The van der Waals surface area contributed by atoms with Crippen molar-refractivity contribution < 1.29 is 22.7 Å². The molecular weight excluding hydrogens is 356 g/mol. The third-order valence-corrected chi connectivity index (χ3v) is 5.57. The number of carbonyl (C=O) groups excluding carboxylic acids is 1. The average Bonchev–Trinajstić information content (AvgIpc) is 2.66. The van der Waals surface area contributed by atoms with Crippen LogP contribution in [0, 0.1) is 0 Å². The van der Waals surface area contributed by atoms with Crippen LogP contribution in [-0.4, -0.2) is 41.3 Å². The van der Waals surface area contributed by atoms with Gasteiger partial charge in [0.1, 0.15) is 11.5 Å². The van der Waals surface area contributed by atoms with Gasteiger partial charge in [-0.2, -0.15) is 0 Å². The fourth-order valence-electron chi connectivity index (χ4n) is 2.27. The highest BCUT2D eigenvalue weighted by atomic mass is 32.2. The zero-order chi connectivity index (χ0) is 19.2. The molecule has 0 aliphatic carbocycles. The first-order valence-electron chi connectivity index (χ1n) is 7.91. The number of methoxy groups -OCH3 is 2. The summed E-state index contributed by atoms with van der Waals surface area (Å²) in [5.74, 6) is 0.301. The summed E-state index contributed by atoms with van der Waals surface area (Å²) in [4.78, 5) is 12.2. The number of benzene rings is 2. The standard InChI is InChI=1S/C18H22N2O5S/c1-20(14-7-5-4-6-8-14)26(22,23)12-11-18(21)19-16-10-9-15(24-2)13-17(16)25-3/h4-10,13H,11-12H2,1-3H3,(H,19,21). The first-order valence-corrected chi connectivity index (χ1v) is 9.52. The molecule has 26 heavy (non-hydrogen) atoms. The number of amides is 1. The van der Waals surface area contributed by atoms with Crippen LogP contribution < -0.4 is 19.1 Å². The Morgan fingerprint density at radius 3 is 2.38 bits per heavy atom. The SMILES string of the molecule is COc1ccc(NC(=O)CCS(=O)(=O)N(C)c2ccccc2)c(OC)c1. The third-order valence-electron chi connectivity index (χ3n) is 3.81. The second-order valence-corrected chi connectivity index (χ2v) is 7.60. The Morgan fingerprint density at radius 2 is 1.77 bits per heavy atom. The molecule has 0 aromatic heterocycles. The van der Waals surface area contributed by atoms with Gasteiger partial charge in [-0.05, 0) is 24.3 Å². The molecule has 0 aliphatic heterocycles. The van der Waals surface area contributed by atoms with Gasteiger partial charge < -0.3 is 14.8 Å². The number of nitrogens with one attached hydrogen (secondary N) is 1. The summed E-state index contributed by atoms with van der Waals surface area (Å²) in [6, 6.07) is 13.7. The second-order valence-electron chi connectivity index (χ2n) is 5.48. The van der Waals surface area contributed by atoms with Crippen LogP contribution in [0.3, 0.4) is 0 Å². The van der Waals surface area contributed by atoms with Crippen molar-refractivity contribution in [1.29, 1.82) is 0 Å². The molecule has 0 unspecified atom stereocenters. The molecule has 0 atom stereocenters. The Balaban J connectivity index is 2.00. The second kappa shape index (κ2) is 8.57.